The van der Waals surface area contributed by atoms with Gasteiger partial charge < -0.3 is 15.4 Å². The number of anilines is 1. The lowest BCUT2D eigenvalue weighted by Gasteiger charge is -2.08. The number of benzene rings is 1. The molecule has 7 heteroatoms. The molecule has 2 aromatic rings. The molecular weight excluding hydrogens is 292 g/mol. The number of ether oxygens (including phenoxy) is 1. The SMILES string of the molecule is COc1ccc(CSc2nnc(N(C)C)s2)cc1CN. The van der Waals surface area contributed by atoms with E-state index >= 15 is 0 Å². The molecule has 0 saturated heterocycles. The number of aromatic nitrogens is 2. The predicted molar refractivity (Wildman–Crippen MR) is 84.7 cm³/mol. The molecule has 0 saturated carbocycles. The van der Waals surface area contributed by atoms with Crippen molar-refractivity contribution in [2.24, 2.45) is 5.73 Å². The summed E-state index contributed by atoms with van der Waals surface area (Å²) in [4.78, 5) is 1.96. The lowest BCUT2D eigenvalue weighted by Crippen LogP contribution is -2.07. The maximum Gasteiger partial charge on any atom is 0.208 e. The first-order valence-electron chi connectivity index (χ1n) is 6.13. The van der Waals surface area contributed by atoms with Crippen molar-refractivity contribution in [2.75, 3.05) is 26.1 Å². The van der Waals surface area contributed by atoms with Crippen LogP contribution in [0.5, 0.6) is 5.75 Å². The van der Waals surface area contributed by atoms with Crippen LogP contribution in [-0.2, 0) is 12.3 Å². The standard InChI is InChI=1S/C13H18N4OS2/c1-17(2)12-15-16-13(20-12)19-8-9-4-5-11(18-3)10(6-9)7-14/h4-6H,7-8,14H2,1-3H3. The van der Waals surface area contributed by atoms with Gasteiger partial charge in [-0.05, 0) is 17.7 Å². The Morgan fingerprint density at radius 1 is 1.35 bits per heavy atom. The van der Waals surface area contributed by atoms with Gasteiger partial charge in [0.1, 0.15) is 5.75 Å². The van der Waals surface area contributed by atoms with Crippen molar-refractivity contribution in [2.45, 2.75) is 16.6 Å². The van der Waals surface area contributed by atoms with Crippen molar-refractivity contribution in [3.05, 3.63) is 29.3 Å². The Kier molecular flexibility index (Phi) is 5.22. The van der Waals surface area contributed by atoms with Gasteiger partial charge in [-0.1, -0.05) is 29.2 Å². The van der Waals surface area contributed by atoms with Crippen molar-refractivity contribution in [1.82, 2.24) is 10.2 Å². The van der Waals surface area contributed by atoms with Crippen molar-refractivity contribution >= 4 is 28.2 Å². The summed E-state index contributed by atoms with van der Waals surface area (Å²) in [5, 5.41) is 9.21. The fraction of sp³-hybridized carbons (Fsp3) is 0.385. The number of hydrogen-bond donors (Lipinski definition) is 1. The van der Waals surface area contributed by atoms with Crippen LogP contribution in [0.2, 0.25) is 0 Å². The molecule has 0 spiro atoms. The molecule has 0 aliphatic heterocycles. The molecule has 1 aromatic heterocycles. The van der Waals surface area contributed by atoms with Gasteiger partial charge in [0, 0.05) is 32.0 Å². The van der Waals surface area contributed by atoms with Crippen LogP contribution < -0.4 is 15.4 Å². The van der Waals surface area contributed by atoms with Crippen LogP contribution in [0.25, 0.3) is 0 Å². The zero-order valence-electron chi connectivity index (χ0n) is 11.8. The molecule has 0 fully saturated rings. The lowest BCUT2D eigenvalue weighted by molar-refractivity contribution is 0.409. The number of nitrogens with zero attached hydrogens (tertiary/aromatic N) is 3. The van der Waals surface area contributed by atoms with Crippen LogP contribution >= 0.6 is 23.1 Å². The molecule has 108 valence electrons. The average Bonchev–Trinajstić information content (AvgIpc) is 2.94. The zero-order chi connectivity index (χ0) is 14.5. The van der Waals surface area contributed by atoms with Gasteiger partial charge in [-0.25, -0.2) is 0 Å². The Labute approximate surface area is 127 Å². The fourth-order valence-corrected chi connectivity index (χ4v) is 3.37. The van der Waals surface area contributed by atoms with E-state index in [1.807, 2.05) is 25.1 Å². The summed E-state index contributed by atoms with van der Waals surface area (Å²) in [5.74, 6) is 1.69. The van der Waals surface area contributed by atoms with Crippen LogP contribution in [-0.4, -0.2) is 31.4 Å². The smallest absolute Gasteiger partial charge is 0.208 e. The highest BCUT2D eigenvalue weighted by Gasteiger charge is 2.08. The van der Waals surface area contributed by atoms with Gasteiger partial charge in [0.2, 0.25) is 5.13 Å². The Morgan fingerprint density at radius 2 is 2.15 bits per heavy atom. The van der Waals surface area contributed by atoms with E-state index < -0.39 is 0 Å². The Balaban J connectivity index is 2.03. The third kappa shape index (κ3) is 3.62. The molecule has 0 atom stereocenters. The van der Waals surface area contributed by atoms with E-state index in [-0.39, 0.29) is 0 Å². The molecule has 0 unspecified atom stereocenters. The third-order valence-corrected chi connectivity index (χ3v) is 5.00. The van der Waals surface area contributed by atoms with Crippen molar-refractivity contribution in [1.29, 1.82) is 0 Å². The summed E-state index contributed by atoms with van der Waals surface area (Å²) < 4.78 is 6.24. The van der Waals surface area contributed by atoms with Crippen LogP contribution in [0, 0.1) is 0 Å². The number of rotatable bonds is 6. The monoisotopic (exact) mass is 310 g/mol. The summed E-state index contributed by atoms with van der Waals surface area (Å²) in [5.41, 5.74) is 7.96. The largest absolute Gasteiger partial charge is 0.496 e. The van der Waals surface area contributed by atoms with Crippen LogP contribution in [0.3, 0.4) is 0 Å². The maximum atomic E-state index is 5.73. The molecular formula is C13H18N4OS2. The van der Waals surface area contributed by atoms with Crippen molar-refractivity contribution < 1.29 is 4.74 Å². The van der Waals surface area contributed by atoms with Crippen molar-refractivity contribution in [3.8, 4) is 5.75 Å². The first kappa shape index (κ1) is 15.1. The first-order chi connectivity index (χ1) is 9.63. The molecule has 20 heavy (non-hydrogen) atoms. The molecule has 0 aliphatic rings. The van der Waals surface area contributed by atoms with E-state index in [1.165, 1.54) is 5.56 Å². The average molecular weight is 310 g/mol. The van der Waals surface area contributed by atoms with Gasteiger partial charge >= 0.3 is 0 Å². The molecule has 0 aliphatic carbocycles. The number of hydrogen-bond acceptors (Lipinski definition) is 7. The normalized spacial score (nSPS) is 10.6. The fourth-order valence-electron chi connectivity index (χ4n) is 1.67. The van der Waals surface area contributed by atoms with Crippen LogP contribution in [0.4, 0.5) is 5.13 Å². The second kappa shape index (κ2) is 6.92. The second-order valence-electron chi connectivity index (χ2n) is 4.38. The summed E-state index contributed by atoms with van der Waals surface area (Å²) in [6.45, 7) is 0.477. The topological polar surface area (TPSA) is 64.3 Å². The van der Waals surface area contributed by atoms with Gasteiger partial charge in [-0.2, -0.15) is 0 Å². The van der Waals surface area contributed by atoms with Gasteiger partial charge in [0.05, 0.1) is 7.11 Å². The quantitative estimate of drug-likeness (QED) is 0.826. The molecule has 0 radical (unpaired) electrons. The van der Waals surface area contributed by atoms with E-state index in [0.717, 1.165) is 26.5 Å². The number of nitrogens with two attached hydrogens (primary N) is 1. The zero-order valence-corrected chi connectivity index (χ0v) is 13.4. The molecule has 0 bridgehead atoms. The summed E-state index contributed by atoms with van der Waals surface area (Å²) in [6.07, 6.45) is 0. The van der Waals surface area contributed by atoms with E-state index in [4.69, 9.17) is 10.5 Å². The molecule has 1 aromatic carbocycles. The van der Waals surface area contributed by atoms with Crippen LogP contribution in [0.15, 0.2) is 22.5 Å². The van der Waals surface area contributed by atoms with Gasteiger partial charge in [-0.15, -0.1) is 10.2 Å². The Morgan fingerprint density at radius 3 is 2.75 bits per heavy atom. The van der Waals surface area contributed by atoms with E-state index in [2.05, 4.69) is 22.3 Å². The Hall–Kier alpha value is -1.31. The lowest BCUT2D eigenvalue weighted by atomic mass is 10.1. The maximum absolute atomic E-state index is 5.73. The van der Waals surface area contributed by atoms with Gasteiger partial charge in [0.25, 0.3) is 0 Å². The highest BCUT2D eigenvalue weighted by atomic mass is 32.2. The first-order valence-corrected chi connectivity index (χ1v) is 7.93. The van der Waals surface area contributed by atoms with Crippen molar-refractivity contribution in [3.63, 3.8) is 0 Å². The van der Waals surface area contributed by atoms with Gasteiger partial charge in [0.15, 0.2) is 4.34 Å². The highest BCUT2D eigenvalue weighted by Crippen LogP contribution is 2.30. The minimum absolute atomic E-state index is 0.477. The highest BCUT2D eigenvalue weighted by molar-refractivity contribution is 8.00. The predicted octanol–water partition coefficient (Wildman–Crippen LogP) is 2.36. The third-order valence-electron chi connectivity index (χ3n) is 2.71. The van der Waals surface area contributed by atoms with E-state index in [1.54, 1.807) is 30.2 Å². The molecule has 5 nitrogen and oxygen atoms in total. The minimum Gasteiger partial charge on any atom is -0.496 e. The summed E-state index contributed by atoms with van der Waals surface area (Å²) in [6, 6.07) is 6.10. The van der Waals surface area contributed by atoms with E-state index in [9.17, 15) is 0 Å². The Bertz CT molecular complexity index is 571. The minimum atomic E-state index is 0.477. The van der Waals surface area contributed by atoms with Gasteiger partial charge in [-0.3, -0.25) is 0 Å². The molecule has 0 amide bonds. The summed E-state index contributed by atoms with van der Waals surface area (Å²) >= 11 is 3.28. The number of methoxy groups -OCH3 is 1. The summed E-state index contributed by atoms with van der Waals surface area (Å²) in [7, 11) is 5.59. The van der Waals surface area contributed by atoms with Crippen LogP contribution in [0.1, 0.15) is 11.1 Å². The number of thioether (sulfide) groups is 1. The second-order valence-corrected chi connectivity index (χ2v) is 6.56. The molecule has 2 N–H and O–H groups in total. The molecule has 1 heterocycles. The molecule has 2 rings (SSSR count). The van der Waals surface area contributed by atoms with E-state index in [0.29, 0.717) is 6.54 Å².